The van der Waals surface area contributed by atoms with Gasteiger partial charge in [0.05, 0.1) is 7.11 Å². The number of methoxy groups -OCH3 is 1. The zero-order valence-corrected chi connectivity index (χ0v) is 11.9. The Morgan fingerprint density at radius 2 is 1.67 bits per heavy atom. The molecule has 2 aromatic carbocycles. The maximum Gasteiger partial charge on any atom is 0.118 e. The molecule has 0 saturated carbocycles. The third kappa shape index (κ3) is 3.34. The predicted molar refractivity (Wildman–Crippen MR) is 77.8 cm³/mol. The van der Waals surface area contributed by atoms with E-state index in [1.54, 1.807) is 7.11 Å². The van der Waals surface area contributed by atoms with Gasteiger partial charge in [-0.15, -0.1) is 0 Å². The first-order valence-corrected chi connectivity index (χ1v) is 6.62. The Morgan fingerprint density at radius 3 is 2.22 bits per heavy atom. The predicted octanol–water partition coefficient (Wildman–Crippen LogP) is 3.70. The number of halogens is 1. The molecule has 2 rings (SSSR count). The summed E-state index contributed by atoms with van der Waals surface area (Å²) in [7, 11) is 1.66. The highest BCUT2D eigenvalue weighted by atomic mass is 79.9. The van der Waals surface area contributed by atoms with E-state index in [1.807, 2.05) is 36.4 Å². The molecule has 0 saturated heterocycles. The van der Waals surface area contributed by atoms with Gasteiger partial charge in [0.1, 0.15) is 5.75 Å². The van der Waals surface area contributed by atoms with Crippen molar-refractivity contribution in [1.29, 1.82) is 0 Å². The molecule has 0 spiro atoms. The zero-order chi connectivity index (χ0) is 13.0. The van der Waals surface area contributed by atoms with Gasteiger partial charge in [0.15, 0.2) is 0 Å². The SMILES string of the molecule is COc1ccc([C@@H](N)Cc2ccc(Br)cc2)cc1. The number of ether oxygens (including phenoxy) is 1. The van der Waals surface area contributed by atoms with Crippen LogP contribution in [0.25, 0.3) is 0 Å². The molecule has 2 N–H and O–H groups in total. The van der Waals surface area contributed by atoms with E-state index in [0.29, 0.717) is 0 Å². The minimum atomic E-state index is 0.0112. The van der Waals surface area contributed by atoms with E-state index in [1.165, 1.54) is 5.56 Å². The zero-order valence-electron chi connectivity index (χ0n) is 10.3. The van der Waals surface area contributed by atoms with Crippen molar-refractivity contribution in [2.45, 2.75) is 12.5 Å². The molecule has 1 atom stereocenters. The Kier molecular flexibility index (Phi) is 4.39. The molecule has 0 aliphatic rings. The van der Waals surface area contributed by atoms with Crippen LogP contribution in [0.15, 0.2) is 53.0 Å². The largest absolute Gasteiger partial charge is 0.497 e. The first-order chi connectivity index (χ1) is 8.69. The highest BCUT2D eigenvalue weighted by Crippen LogP contribution is 2.20. The molecule has 0 aromatic heterocycles. The number of nitrogens with two attached hydrogens (primary N) is 1. The third-order valence-electron chi connectivity index (χ3n) is 2.91. The van der Waals surface area contributed by atoms with E-state index in [2.05, 4.69) is 28.1 Å². The minimum absolute atomic E-state index is 0.0112. The Hall–Kier alpha value is -1.32. The lowest BCUT2D eigenvalue weighted by Gasteiger charge is -2.12. The number of hydrogen-bond acceptors (Lipinski definition) is 2. The fraction of sp³-hybridized carbons (Fsp3) is 0.200. The van der Waals surface area contributed by atoms with Crippen molar-refractivity contribution in [3.63, 3.8) is 0 Å². The molecule has 0 radical (unpaired) electrons. The van der Waals surface area contributed by atoms with Gasteiger partial charge < -0.3 is 10.5 Å². The molecule has 0 aliphatic heterocycles. The van der Waals surface area contributed by atoms with E-state index in [-0.39, 0.29) is 6.04 Å². The minimum Gasteiger partial charge on any atom is -0.497 e. The van der Waals surface area contributed by atoms with Gasteiger partial charge in [-0.2, -0.15) is 0 Å². The van der Waals surface area contributed by atoms with Crippen molar-refractivity contribution in [2.24, 2.45) is 5.73 Å². The molecule has 0 unspecified atom stereocenters. The van der Waals surface area contributed by atoms with Crippen molar-refractivity contribution in [1.82, 2.24) is 0 Å². The molecule has 18 heavy (non-hydrogen) atoms. The lowest BCUT2D eigenvalue weighted by Crippen LogP contribution is -2.13. The smallest absolute Gasteiger partial charge is 0.118 e. The molecule has 3 heteroatoms. The van der Waals surface area contributed by atoms with Gasteiger partial charge in [-0.05, 0) is 41.8 Å². The summed E-state index contributed by atoms with van der Waals surface area (Å²) in [6.45, 7) is 0. The fourth-order valence-corrected chi connectivity index (χ4v) is 2.11. The summed E-state index contributed by atoms with van der Waals surface area (Å²) < 4.78 is 6.22. The van der Waals surface area contributed by atoms with E-state index >= 15 is 0 Å². The number of benzene rings is 2. The second-order valence-electron chi connectivity index (χ2n) is 4.21. The molecular weight excluding hydrogens is 290 g/mol. The van der Waals surface area contributed by atoms with Gasteiger partial charge in [0, 0.05) is 10.5 Å². The quantitative estimate of drug-likeness (QED) is 0.935. The molecule has 94 valence electrons. The molecule has 0 bridgehead atoms. The maximum atomic E-state index is 6.20. The summed E-state index contributed by atoms with van der Waals surface area (Å²) in [6.07, 6.45) is 0.833. The van der Waals surface area contributed by atoms with Crippen LogP contribution in [-0.4, -0.2) is 7.11 Å². The third-order valence-corrected chi connectivity index (χ3v) is 3.44. The summed E-state index contributed by atoms with van der Waals surface area (Å²) in [6, 6.07) is 16.2. The maximum absolute atomic E-state index is 6.20. The average Bonchev–Trinajstić information content (AvgIpc) is 2.41. The number of hydrogen-bond donors (Lipinski definition) is 1. The Bertz CT molecular complexity index is 493. The first-order valence-electron chi connectivity index (χ1n) is 5.83. The number of rotatable bonds is 4. The van der Waals surface area contributed by atoms with Crippen LogP contribution in [0, 0.1) is 0 Å². The highest BCUT2D eigenvalue weighted by molar-refractivity contribution is 9.10. The Labute approximate surface area is 116 Å². The van der Waals surface area contributed by atoms with Crippen molar-refractivity contribution in [3.8, 4) is 5.75 Å². The van der Waals surface area contributed by atoms with Gasteiger partial charge in [0.25, 0.3) is 0 Å². The fourth-order valence-electron chi connectivity index (χ4n) is 1.84. The van der Waals surface area contributed by atoms with Crippen molar-refractivity contribution >= 4 is 15.9 Å². The molecule has 2 aromatic rings. The van der Waals surface area contributed by atoms with Crippen LogP contribution >= 0.6 is 15.9 Å². The molecular formula is C15H16BrNO. The second-order valence-corrected chi connectivity index (χ2v) is 5.13. The normalized spacial score (nSPS) is 12.2. The van der Waals surface area contributed by atoms with E-state index in [4.69, 9.17) is 10.5 Å². The van der Waals surface area contributed by atoms with Crippen molar-refractivity contribution in [3.05, 3.63) is 64.1 Å². The highest BCUT2D eigenvalue weighted by Gasteiger charge is 2.07. The van der Waals surface area contributed by atoms with Gasteiger partial charge >= 0.3 is 0 Å². The van der Waals surface area contributed by atoms with Crippen molar-refractivity contribution in [2.75, 3.05) is 7.11 Å². The second kappa shape index (κ2) is 6.03. The summed E-state index contributed by atoms with van der Waals surface area (Å²) in [4.78, 5) is 0. The lowest BCUT2D eigenvalue weighted by atomic mass is 10.00. The van der Waals surface area contributed by atoms with Crippen LogP contribution in [0.5, 0.6) is 5.75 Å². The lowest BCUT2D eigenvalue weighted by molar-refractivity contribution is 0.414. The first kappa shape index (κ1) is 13.1. The molecule has 0 amide bonds. The molecule has 0 fully saturated rings. The molecule has 0 heterocycles. The van der Waals surface area contributed by atoms with Crippen LogP contribution in [-0.2, 0) is 6.42 Å². The summed E-state index contributed by atoms with van der Waals surface area (Å²) in [5.74, 6) is 0.856. The monoisotopic (exact) mass is 305 g/mol. The van der Waals surface area contributed by atoms with Crippen LogP contribution < -0.4 is 10.5 Å². The van der Waals surface area contributed by atoms with Crippen LogP contribution in [0.1, 0.15) is 17.2 Å². The topological polar surface area (TPSA) is 35.2 Å². The summed E-state index contributed by atoms with van der Waals surface area (Å²) in [5.41, 5.74) is 8.57. The van der Waals surface area contributed by atoms with Crippen LogP contribution in [0.4, 0.5) is 0 Å². The van der Waals surface area contributed by atoms with Gasteiger partial charge in [0.2, 0.25) is 0 Å². The van der Waals surface area contributed by atoms with E-state index in [9.17, 15) is 0 Å². The average molecular weight is 306 g/mol. The van der Waals surface area contributed by atoms with Crippen molar-refractivity contribution < 1.29 is 4.74 Å². The Morgan fingerprint density at radius 1 is 1.06 bits per heavy atom. The van der Waals surface area contributed by atoms with Crippen LogP contribution in [0.3, 0.4) is 0 Å². The van der Waals surface area contributed by atoms with Gasteiger partial charge in [-0.25, -0.2) is 0 Å². The standard InChI is InChI=1S/C15H16BrNO/c1-18-14-8-4-12(5-9-14)15(17)10-11-2-6-13(16)7-3-11/h2-9,15H,10,17H2,1H3/t15-/m0/s1. The van der Waals surface area contributed by atoms with Gasteiger partial charge in [-0.3, -0.25) is 0 Å². The van der Waals surface area contributed by atoms with E-state index < -0.39 is 0 Å². The molecule has 2 nitrogen and oxygen atoms in total. The Balaban J connectivity index is 2.06. The van der Waals surface area contributed by atoms with E-state index in [0.717, 1.165) is 22.2 Å². The summed E-state index contributed by atoms with van der Waals surface area (Å²) in [5, 5.41) is 0. The molecule has 0 aliphatic carbocycles. The van der Waals surface area contributed by atoms with Gasteiger partial charge in [-0.1, -0.05) is 40.2 Å². The van der Waals surface area contributed by atoms with Crippen LogP contribution in [0.2, 0.25) is 0 Å². The summed E-state index contributed by atoms with van der Waals surface area (Å²) >= 11 is 3.43.